The fourth-order valence-corrected chi connectivity index (χ4v) is 2.58. The molecule has 0 aliphatic heterocycles. The van der Waals surface area contributed by atoms with Gasteiger partial charge in [0.1, 0.15) is 0 Å². The molecule has 18 heavy (non-hydrogen) atoms. The normalized spacial score (nSPS) is 11.1. The summed E-state index contributed by atoms with van der Waals surface area (Å²) in [6.07, 6.45) is 1.84. The minimum atomic E-state index is -0.950. The molecule has 0 saturated carbocycles. The van der Waals surface area contributed by atoms with Crippen molar-refractivity contribution in [2.75, 3.05) is 11.5 Å². The van der Waals surface area contributed by atoms with E-state index in [4.69, 9.17) is 11.8 Å². The van der Waals surface area contributed by atoms with Crippen molar-refractivity contribution in [3.63, 3.8) is 0 Å². The number of H-pyrrole nitrogens is 1. The quantitative estimate of drug-likeness (QED) is 0.600. The van der Waals surface area contributed by atoms with Crippen LogP contribution in [0, 0.1) is 0 Å². The molecule has 1 aromatic heterocycles. The van der Waals surface area contributed by atoms with Crippen LogP contribution in [0.25, 0.3) is 11.3 Å². The molecule has 0 radical (unpaired) electrons. The van der Waals surface area contributed by atoms with Crippen LogP contribution in [0.5, 0.6) is 0 Å². The van der Waals surface area contributed by atoms with Gasteiger partial charge in [-0.3, -0.25) is 9.89 Å². The maximum atomic E-state index is 11.7. The molecule has 4 nitrogen and oxygen atoms in total. The van der Waals surface area contributed by atoms with Gasteiger partial charge in [-0.05, 0) is 0 Å². The fourth-order valence-electron chi connectivity index (χ4n) is 1.52. The van der Waals surface area contributed by atoms with E-state index in [0.717, 1.165) is 11.3 Å². The molecule has 92 valence electrons. The van der Waals surface area contributed by atoms with Crippen LogP contribution in [0.15, 0.2) is 36.5 Å². The maximum Gasteiger partial charge on any atom is 0.271 e. The number of nitrogens with zero attached hydrogens (tertiary/aromatic N) is 1. The number of benzene rings is 1. The van der Waals surface area contributed by atoms with Crippen LogP contribution in [0.3, 0.4) is 0 Å². The van der Waals surface area contributed by atoms with Crippen LogP contribution in [-0.2, 0) is 16.6 Å². The summed E-state index contributed by atoms with van der Waals surface area (Å²) in [6.45, 7) is 0. The number of hydrogen-bond donors (Lipinski definition) is 3. The summed E-state index contributed by atoms with van der Waals surface area (Å²) in [6, 6.07) is 9.68. The van der Waals surface area contributed by atoms with Crippen LogP contribution in [0.1, 0.15) is 0 Å². The molecule has 2 N–H and O–H groups in total. The lowest BCUT2D eigenvalue weighted by Crippen LogP contribution is -2.13. The molecule has 0 spiro atoms. The third-order valence-electron chi connectivity index (χ3n) is 2.25. The van der Waals surface area contributed by atoms with Gasteiger partial charge in [0.05, 0.1) is 29.8 Å². The van der Waals surface area contributed by atoms with Crippen LogP contribution in [-0.4, -0.2) is 22.3 Å². The van der Waals surface area contributed by atoms with E-state index in [1.807, 2.05) is 30.3 Å². The zero-order chi connectivity index (χ0) is 13.0. The van der Waals surface area contributed by atoms with Crippen molar-refractivity contribution >= 4 is 41.5 Å². The Hall–Kier alpha value is -1.23. The van der Waals surface area contributed by atoms with Crippen LogP contribution in [0.4, 0.5) is 5.69 Å². The largest absolute Gasteiger partial charge is 0.319 e. The summed E-state index contributed by atoms with van der Waals surface area (Å²) in [4.78, 5) is 11.7. The summed E-state index contributed by atoms with van der Waals surface area (Å²) in [7, 11) is 0. The highest BCUT2D eigenvalue weighted by Crippen LogP contribution is 2.28. The minimum Gasteiger partial charge on any atom is -0.319 e. The lowest BCUT2D eigenvalue weighted by molar-refractivity contribution is -0.113. The minimum absolute atomic E-state index is 0.135. The molecule has 0 bridgehead atoms. The van der Waals surface area contributed by atoms with Crippen LogP contribution < -0.4 is 5.32 Å². The monoisotopic (exact) mass is 296 g/mol. The van der Waals surface area contributed by atoms with Crippen molar-refractivity contribution in [3.8, 4) is 11.3 Å². The lowest BCUT2D eigenvalue weighted by atomic mass is 10.1. The van der Waals surface area contributed by atoms with E-state index in [-0.39, 0.29) is 12.1 Å². The Kier molecular flexibility index (Phi) is 4.47. The van der Waals surface area contributed by atoms with Gasteiger partial charge in [-0.15, -0.1) is 0 Å². The molecule has 1 unspecified atom stereocenters. The first-order valence-corrected chi connectivity index (χ1v) is 8.88. The number of aromatic amines is 1. The molecule has 7 heteroatoms. The van der Waals surface area contributed by atoms with Crippen LogP contribution in [0.2, 0.25) is 0 Å². The molecular formula is C11H11N3OPS2+. The standard InChI is InChI=1S/C11H10N3OPS2/c15-10(7-16(17)18)13-9-6-12-14-11(9)8-4-2-1-3-5-8/h1-6H,7H2,(H2-,12,13,14,15,17,18)/p+1. The molecule has 0 aliphatic carbocycles. The first-order valence-electron chi connectivity index (χ1n) is 5.19. The molecular weight excluding hydrogens is 285 g/mol. The molecule has 0 saturated heterocycles. The van der Waals surface area contributed by atoms with Crippen molar-refractivity contribution in [2.24, 2.45) is 0 Å². The third kappa shape index (κ3) is 3.38. The van der Waals surface area contributed by atoms with Gasteiger partial charge in [0.2, 0.25) is 6.16 Å². The Morgan fingerprint density at radius 1 is 1.44 bits per heavy atom. The SMILES string of the molecule is O=C(C[P+](=S)S)Nc1cn[nH]c1-c1ccccc1. The average molecular weight is 296 g/mol. The zero-order valence-corrected chi connectivity index (χ0v) is 11.9. The van der Waals surface area contributed by atoms with Gasteiger partial charge >= 0.3 is 0 Å². The molecule has 1 amide bonds. The number of anilines is 1. The van der Waals surface area contributed by atoms with E-state index in [1.54, 1.807) is 6.20 Å². The zero-order valence-electron chi connectivity index (χ0n) is 9.33. The number of rotatable bonds is 4. The Bertz CT molecular complexity index is 571. The first-order chi connectivity index (χ1) is 8.66. The highest BCUT2D eigenvalue weighted by atomic mass is 32.9. The Morgan fingerprint density at radius 3 is 2.83 bits per heavy atom. The number of thiol groups is 1. The third-order valence-corrected chi connectivity index (χ3v) is 3.62. The number of aromatic nitrogens is 2. The van der Waals surface area contributed by atoms with E-state index in [1.165, 1.54) is 0 Å². The van der Waals surface area contributed by atoms with Gasteiger partial charge in [0.25, 0.3) is 11.8 Å². The van der Waals surface area contributed by atoms with E-state index >= 15 is 0 Å². The van der Waals surface area contributed by atoms with Gasteiger partial charge < -0.3 is 5.32 Å². The Labute approximate surface area is 116 Å². The highest BCUT2D eigenvalue weighted by Gasteiger charge is 2.15. The molecule has 2 aromatic rings. The summed E-state index contributed by atoms with van der Waals surface area (Å²) in [5.74, 6) is -1.08. The van der Waals surface area contributed by atoms with Gasteiger partial charge in [-0.25, -0.2) is 0 Å². The molecule has 2 rings (SSSR count). The average Bonchev–Trinajstić information content (AvgIpc) is 2.77. The predicted molar refractivity (Wildman–Crippen MR) is 80.8 cm³/mol. The van der Waals surface area contributed by atoms with Gasteiger partial charge in [0.15, 0.2) is 11.8 Å². The summed E-state index contributed by atoms with van der Waals surface area (Å²) >= 11 is 9.00. The molecule has 1 aromatic carbocycles. The molecule has 1 atom stereocenters. The van der Waals surface area contributed by atoms with Crippen molar-refractivity contribution < 1.29 is 4.79 Å². The van der Waals surface area contributed by atoms with Crippen molar-refractivity contribution in [3.05, 3.63) is 36.5 Å². The predicted octanol–water partition coefficient (Wildman–Crippen LogP) is 2.80. The van der Waals surface area contributed by atoms with E-state index in [0.29, 0.717) is 5.69 Å². The van der Waals surface area contributed by atoms with Crippen molar-refractivity contribution in [1.29, 1.82) is 0 Å². The van der Waals surface area contributed by atoms with E-state index < -0.39 is 5.90 Å². The van der Waals surface area contributed by atoms with Gasteiger partial charge in [-0.2, -0.15) is 5.10 Å². The van der Waals surface area contributed by atoms with E-state index in [9.17, 15) is 4.79 Å². The van der Waals surface area contributed by atoms with Gasteiger partial charge in [0, 0.05) is 5.56 Å². The number of hydrogen-bond acceptors (Lipinski definition) is 3. The van der Waals surface area contributed by atoms with Crippen LogP contribution >= 0.6 is 18.1 Å². The molecule has 1 heterocycles. The fraction of sp³-hybridized carbons (Fsp3) is 0.0909. The van der Waals surface area contributed by atoms with Crippen molar-refractivity contribution in [2.45, 2.75) is 0 Å². The van der Waals surface area contributed by atoms with Gasteiger partial charge in [-0.1, -0.05) is 30.3 Å². The molecule has 0 aliphatic rings. The molecule has 0 fully saturated rings. The smallest absolute Gasteiger partial charge is 0.271 e. The second kappa shape index (κ2) is 6.09. The summed E-state index contributed by atoms with van der Waals surface area (Å²) in [5, 5.41) is 9.62. The van der Waals surface area contributed by atoms with E-state index in [2.05, 4.69) is 27.8 Å². The number of carbonyl (C=O) groups is 1. The number of nitrogens with one attached hydrogen (secondary N) is 2. The second-order valence-corrected chi connectivity index (χ2v) is 8.19. The summed E-state index contributed by atoms with van der Waals surface area (Å²) < 4.78 is 0. The highest BCUT2D eigenvalue weighted by molar-refractivity contribution is 8.56. The maximum absolute atomic E-state index is 11.7. The lowest BCUT2D eigenvalue weighted by Gasteiger charge is -2.03. The topological polar surface area (TPSA) is 57.8 Å². The first kappa shape index (κ1) is 13.2. The number of amides is 1. The Morgan fingerprint density at radius 2 is 2.17 bits per heavy atom. The summed E-state index contributed by atoms with van der Waals surface area (Å²) in [5.41, 5.74) is 2.42. The van der Waals surface area contributed by atoms with Crippen molar-refractivity contribution in [1.82, 2.24) is 10.2 Å². The second-order valence-electron chi connectivity index (χ2n) is 3.58. The number of carbonyl (C=O) groups excluding carboxylic acids is 1. The Balaban J connectivity index is 2.19.